The topological polar surface area (TPSA) is 95.4 Å². The summed E-state index contributed by atoms with van der Waals surface area (Å²) in [6, 6.07) is 13.5. The second kappa shape index (κ2) is 10.8. The van der Waals surface area contributed by atoms with Crippen molar-refractivity contribution in [3.63, 3.8) is 0 Å². The lowest BCUT2D eigenvalue weighted by atomic mass is 9.74. The number of nitrogens with zero attached hydrogens (tertiary/aromatic N) is 5. The molecule has 0 atom stereocenters. The largest absolute Gasteiger partial charge is 0.353 e. The van der Waals surface area contributed by atoms with Crippen molar-refractivity contribution < 1.29 is 9.59 Å². The summed E-state index contributed by atoms with van der Waals surface area (Å²) < 4.78 is 1.80. The van der Waals surface area contributed by atoms with Crippen LogP contribution in [0, 0.1) is 12.3 Å². The number of aromatic nitrogens is 3. The fourth-order valence-corrected chi connectivity index (χ4v) is 6.08. The van der Waals surface area contributed by atoms with Gasteiger partial charge in [-0.05, 0) is 56.9 Å². The smallest absolute Gasteiger partial charge is 0.324 e. The number of nitrogens with one attached hydrogen (secondary N) is 2. The van der Waals surface area contributed by atoms with Crippen LogP contribution in [0.1, 0.15) is 70.1 Å². The molecule has 0 bridgehead atoms. The van der Waals surface area contributed by atoms with E-state index < -0.39 is 0 Å². The minimum Gasteiger partial charge on any atom is -0.353 e. The maximum atomic E-state index is 13.2. The Morgan fingerprint density at radius 2 is 1.56 bits per heavy atom. The summed E-state index contributed by atoms with van der Waals surface area (Å²) in [5.74, 6) is 1.80. The molecule has 216 valence electrons. The third-order valence-electron chi connectivity index (χ3n) is 9.22. The third-order valence-corrected chi connectivity index (χ3v) is 9.22. The fourth-order valence-electron chi connectivity index (χ4n) is 6.08. The van der Waals surface area contributed by atoms with Gasteiger partial charge in [0.1, 0.15) is 11.6 Å². The molecule has 0 unspecified atom stereocenters. The molecule has 2 aromatic heterocycles. The number of rotatable bonds is 6. The number of hydrogen-bond donors (Lipinski definition) is 2. The average Bonchev–Trinajstić information content (AvgIpc) is 3.60. The Bertz CT molecular complexity index is 1390. The van der Waals surface area contributed by atoms with Crippen LogP contribution in [0.25, 0.3) is 5.69 Å². The zero-order valence-corrected chi connectivity index (χ0v) is 24.4. The molecule has 9 nitrogen and oxygen atoms in total. The van der Waals surface area contributed by atoms with Crippen molar-refractivity contribution in [1.29, 1.82) is 0 Å². The van der Waals surface area contributed by atoms with Crippen LogP contribution in [-0.2, 0) is 10.2 Å². The van der Waals surface area contributed by atoms with E-state index in [1.54, 1.807) is 10.9 Å². The molecule has 9 heteroatoms. The van der Waals surface area contributed by atoms with E-state index in [0.717, 1.165) is 68.8 Å². The first-order valence-corrected chi connectivity index (χ1v) is 15.0. The molecule has 41 heavy (non-hydrogen) atoms. The summed E-state index contributed by atoms with van der Waals surface area (Å²) in [6.45, 7) is 9.35. The summed E-state index contributed by atoms with van der Waals surface area (Å²) in [4.78, 5) is 35.1. The zero-order chi connectivity index (χ0) is 28.6. The van der Waals surface area contributed by atoms with Gasteiger partial charge >= 0.3 is 6.03 Å². The van der Waals surface area contributed by atoms with Crippen molar-refractivity contribution in [2.24, 2.45) is 5.41 Å². The predicted octanol–water partition coefficient (Wildman–Crippen LogP) is 5.89. The van der Waals surface area contributed by atoms with Crippen molar-refractivity contribution in [2.75, 3.05) is 41.7 Å². The molecule has 3 aliphatic rings. The van der Waals surface area contributed by atoms with E-state index >= 15 is 0 Å². The van der Waals surface area contributed by atoms with Gasteiger partial charge in [-0.25, -0.2) is 14.5 Å². The van der Waals surface area contributed by atoms with Crippen LogP contribution in [0.2, 0.25) is 0 Å². The second-order valence-corrected chi connectivity index (χ2v) is 12.6. The van der Waals surface area contributed by atoms with E-state index in [-0.39, 0.29) is 16.9 Å². The lowest BCUT2D eigenvalue weighted by Crippen LogP contribution is -2.53. The van der Waals surface area contributed by atoms with Crippen LogP contribution in [0.15, 0.2) is 48.7 Å². The Kier molecular flexibility index (Phi) is 7.21. The van der Waals surface area contributed by atoms with Gasteiger partial charge in [-0.15, -0.1) is 0 Å². The molecule has 0 spiro atoms. The van der Waals surface area contributed by atoms with E-state index in [9.17, 15) is 9.59 Å². The minimum atomic E-state index is -0.344. The summed E-state index contributed by atoms with van der Waals surface area (Å²) in [5, 5.41) is 10.7. The number of carbonyl (C=O) groups excluding carboxylic acids is 2. The molecule has 0 radical (unpaired) electrons. The second-order valence-electron chi connectivity index (χ2n) is 12.6. The monoisotopic (exact) mass is 555 g/mol. The summed E-state index contributed by atoms with van der Waals surface area (Å²) in [6.07, 6.45) is 9.45. The van der Waals surface area contributed by atoms with Gasteiger partial charge in [0.15, 0.2) is 0 Å². The predicted molar refractivity (Wildman–Crippen MR) is 162 cm³/mol. The number of carbonyl (C=O) groups is 2. The van der Waals surface area contributed by atoms with Crippen molar-refractivity contribution in [3.05, 3.63) is 59.9 Å². The number of anilines is 3. The molecule has 3 fully saturated rings. The molecular formula is C32H41N7O2. The van der Waals surface area contributed by atoms with E-state index in [0.29, 0.717) is 30.5 Å². The molecule has 1 aromatic carbocycles. The fraction of sp³-hybridized carbons (Fsp3) is 0.500. The van der Waals surface area contributed by atoms with Crippen LogP contribution < -0.4 is 15.5 Å². The first kappa shape index (κ1) is 27.3. The third kappa shape index (κ3) is 5.80. The number of amides is 3. The van der Waals surface area contributed by atoms with Crippen LogP contribution in [0.3, 0.4) is 0 Å². The van der Waals surface area contributed by atoms with Gasteiger partial charge in [0.05, 0.1) is 23.3 Å². The van der Waals surface area contributed by atoms with E-state index in [2.05, 4.69) is 41.3 Å². The highest BCUT2D eigenvalue weighted by atomic mass is 16.2. The molecule has 3 heterocycles. The molecule has 3 aromatic rings. The van der Waals surface area contributed by atoms with Gasteiger partial charge in [0, 0.05) is 43.1 Å². The highest BCUT2D eigenvalue weighted by Gasteiger charge is 2.42. The van der Waals surface area contributed by atoms with Crippen LogP contribution in [-0.4, -0.2) is 57.8 Å². The molecule has 2 N–H and O–H groups in total. The standard InChI is InChI=1S/C32H41N7O2/c1-23-7-10-25(11-8-23)39-28(21-26(36-39)31(2)15-16-31)35-30(41)34-24-9-12-27(33-22-24)37-17-19-38(20-18-37)29(40)32(3)13-5-4-6-14-32/h7-12,21-22H,4-6,13-20H2,1-3H3,(H2,34,35,41). The van der Waals surface area contributed by atoms with E-state index in [4.69, 9.17) is 5.10 Å². The highest BCUT2D eigenvalue weighted by Crippen LogP contribution is 2.47. The number of urea groups is 1. The number of hydrogen-bond acceptors (Lipinski definition) is 5. The maximum Gasteiger partial charge on any atom is 0.324 e. The Morgan fingerprint density at radius 3 is 2.20 bits per heavy atom. The quantitative estimate of drug-likeness (QED) is 0.396. The number of piperazine rings is 1. The normalized spacial score (nSPS) is 19.5. The Hall–Kier alpha value is -3.88. The van der Waals surface area contributed by atoms with E-state index in [1.807, 2.05) is 47.4 Å². The van der Waals surface area contributed by atoms with Gasteiger partial charge in [-0.2, -0.15) is 5.10 Å². The zero-order valence-electron chi connectivity index (χ0n) is 24.4. The molecule has 1 saturated heterocycles. The maximum absolute atomic E-state index is 13.2. The Labute approximate surface area is 242 Å². The molecule has 3 amide bonds. The van der Waals surface area contributed by atoms with Gasteiger partial charge in [-0.1, -0.05) is 50.8 Å². The lowest BCUT2D eigenvalue weighted by molar-refractivity contribution is -0.143. The number of pyridine rings is 1. The van der Waals surface area contributed by atoms with Crippen molar-refractivity contribution in [2.45, 2.75) is 71.1 Å². The van der Waals surface area contributed by atoms with Gasteiger partial charge in [0.25, 0.3) is 0 Å². The minimum absolute atomic E-state index is 0.0786. The molecule has 1 aliphatic heterocycles. The van der Waals surface area contributed by atoms with Gasteiger partial charge < -0.3 is 15.1 Å². The Balaban J connectivity index is 1.06. The SMILES string of the molecule is Cc1ccc(-n2nc(C3(C)CC3)cc2NC(=O)Nc2ccc(N3CCN(C(=O)C4(C)CCCCC4)CC3)nc2)cc1. The lowest BCUT2D eigenvalue weighted by Gasteiger charge is -2.41. The molecule has 2 aliphatic carbocycles. The number of benzene rings is 1. The van der Waals surface area contributed by atoms with Crippen molar-refractivity contribution in [3.8, 4) is 5.69 Å². The molecular weight excluding hydrogens is 514 g/mol. The number of aryl methyl sites for hydroxylation is 1. The molecule has 6 rings (SSSR count). The van der Waals surface area contributed by atoms with Crippen LogP contribution in [0.5, 0.6) is 0 Å². The highest BCUT2D eigenvalue weighted by molar-refractivity contribution is 5.99. The van der Waals surface area contributed by atoms with E-state index in [1.165, 1.54) is 12.0 Å². The average molecular weight is 556 g/mol. The van der Waals surface area contributed by atoms with Gasteiger partial charge in [-0.3, -0.25) is 10.1 Å². The summed E-state index contributed by atoms with van der Waals surface area (Å²) in [7, 11) is 0. The van der Waals surface area contributed by atoms with Crippen molar-refractivity contribution >= 4 is 29.3 Å². The van der Waals surface area contributed by atoms with Gasteiger partial charge in [0.2, 0.25) is 5.91 Å². The van der Waals surface area contributed by atoms with Crippen molar-refractivity contribution in [1.82, 2.24) is 19.7 Å². The molecule has 2 saturated carbocycles. The summed E-state index contributed by atoms with van der Waals surface area (Å²) >= 11 is 0. The Morgan fingerprint density at radius 1 is 0.854 bits per heavy atom. The first-order chi connectivity index (χ1) is 19.7. The summed E-state index contributed by atoms with van der Waals surface area (Å²) in [5.41, 5.74) is 3.57. The van der Waals surface area contributed by atoms with Crippen LogP contribution >= 0.6 is 0 Å². The van der Waals surface area contributed by atoms with Crippen LogP contribution in [0.4, 0.5) is 22.1 Å². The first-order valence-electron chi connectivity index (χ1n) is 15.0.